The number of ether oxygens (including phenoxy) is 1. The van der Waals surface area contributed by atoms with Gasteiger partial charge < -0.3 is 9.72 Å². The summed E-state index contributed by atoms with van der Waals surface area (Å²) in [5, 5.41) is 0.515. The first kappa shape index (κ1) is 15.1. The number of hydrogen-bond donors (Lipinski definition) is 1. The first-order chi connectivity index (χ1) is 9.70. The Morgan fingerprint density at radius 3 is 3.05 bits per heavy atom. The summed E-state index contributed by atoms with van der Waals surface area (Å²) in [6.45, 7) is 2.58. The largest absolute Gasteiger partial charge is 0.465 e. The standard InChI is InChI=1S/C14H20N2O3S/c1-2-3-4-8-19-12(17)9-20-14-15-11-7-5-6-10(11)13(18)16-14/h2-9H2,1H3,(H,15,16,18). The van der Waals surface area contributed by atoms with E-state index in [-0.39, 0.29) is 17.3 Å². The fourth-order valence-electron chi connectivity index (χ4n) is 2.19. The third-order valence-electron chi connectivity index (χ3n) is 3.26. The fraction of sp³-hybridized carbons (Fsp3) is 0.643. The Labute approximate surface area is 122 Å². The van der Waals surface area contributed by atoms with Crippen LogP contribution in [-0.2, 0) is 22.4 Å². The molecule has 110 valence electrons. The molecule has 5 nitrogen and oxygen atoms in total. The van der Waals surface area contributed by atoms with Gasteiger partial charge in [-0.05, 0) is 25.7 Å². The normalized spacial score (nSPS) is 13.2. The molecule has 1 aliphatic rings. The van der Waals surface area contributed by atoms with E-state index >= 15 is 0 Å². The van der Waals surface area contributed by atoms with Gasteiger partial charge in [0.2, 0.25) is 0 Å². The lowest BCUT2D eigenvalue weighted by Crippen LogP contribution is -2.16. The van der Waals surface area contributed by atoms with Crippen molar-refractivity contribution in [1.29, 1.82) is 0 Å². The summed E-state index contributed by atoms with van der Waals surface area (Å²) in [6, 6.07) is 0. The number of hydrogen-bond acceptors (Lipinski definition) is 5. The third-order valence-corrected chi connectivity index (χ3v) is 4.10. The number of carbonyl (C=O) groups excluding carboxylic acids is 1. The molecule has 1 aliphatic carbocycles. The molecular weight excluding hydrogens is 276 g/mol. The summed E-state index contributed by atoms with van der Waals surface area (Å²) in [7, 11) is 0. The van der Waals surface area contributed by atoms with E-state index in [0.717, 1.165) is 49.8 Å². The molecule has 0 unspecified atom stereocenters. The minimum absolute atomic E-state index is 0.0636. The van der Waals surface area contributed by atoms with Crippen molar-refractivity contribution in [3.63, 3.8) is 0 Å². The summed E-state index contributed by atoms with van der Waals surface area (Å²) in [5.74, 6) is -0.0670. The summed E-state index contributed by atoms with van der Waals surface area (Å²) in [4.78, 5) is 30.5. The number of H-pyrrole nitrogens is 1. The lowest BCUT2D eigenvalue weighted by Gasteiger charge is -2.05. The quantitative estimate of drug-likeness (QED) is 0.361. The molecular formula is C14H20N2O3S. The number of fused-ring (bicyclic) bond motifs is 1. The first-order valence-electron chi connectivity index (χ1n) is 7.11. The van der Waals surface area contributed by atoms with Crippen molar-refractivity contribution in [2.24, 2.45) is 0 Å². The van der Waals surface area contributed by atoms with Crippen LogP contribution < -0.4 is 5.56 Å². The van der Waals surface area contributed by atoms with Crippen LogP contribution in [0.4, 0.5) is 0 Å². The fourth-order valence-corrected chi connectivity index (χ4v) is 2.87. The van der Waals surface area contributed by atoms with Crippen LogP contribution in [-0.4, -0.2) is 28.3 Å². The van der Waals surface area contributed by atoms with Gasteiger partial charge in [-0.15, -0.1) is 0 Å². The van der Waals surface area contributed by atoms with Crippen LogP contribution in [0.1, 0.15) is 43.9 Å². The maximum atomic E-state index is 11.8. The average molecular weight is 296 g/mol. The van der Waals surface area contributed by atoms with Crippen molar-refractivity contribution in [2.75, 3.05) is 12.4 Å². The summed E-state index contributed by atoms with van der Waals surface area (Å²) >= 11 is 1.23. The molecule has 0 saturated carbocycles. The molecule has 0 atom stereocenters. The monoisotopic (exact) mass is 296 g/mol. The van der Waals surface area contributed by atoms with E-state index in [1.165, 1.54) is 11.8 Å². The molecule has 1 aromatic rings. The number of thioether (sulfide) groups is 1. The van der Waals surface area contributed by atoms with Gasteiger partial charge in [0.25, 0.3) is 5.56 Å². The molecule has 2 rings (SSSR count). The van der Waals surface area contributed by atoms with Crippen molar-refractivity contribution >= 4 is 17.7 Å². The molecule has 20 heavy (non-hydrogen) atoms. The second-order valence-electron chi connectivity index (χ2n) is 4.87. The summed E-state index contributed by atoms with van der Waals surface area (Å²) in [5.41, 5.74) is 1.62. The molecule has 0 aliphatic heterocycles. The minimum atomic E-state index is -0.255. The van der Waals surface area contributed by atoms with E-state index < -0.39 is 0 Å². The highest BCUT2D eigenvalue weighted by molar-refractivity contribution is 7.99. The molecule has 0 bridgehead atoms. The van der Waals surface area contributed by atoms with E-state index in [1.54, 1.807) is 0 Å². The molecule has 0 spiro atoms. The topological polar surface area (TPSA) is 72.0 Å². The smallest absolute Gasteiger partial charge is 0.316 e. The number of rotatable bonds is 7. The van der Waals surface area contributed by atoms with Gasteiger partial charge in [-0.1, -0.05) is 31.5 Å². The van der Waals surface area contributed by atoms with Gasteiger partial charge in [0.1, 0.15) is 0 Å². The van der Waals surface area contributed by atoms with E-state index in [1.807, 2.05) is 0 Å². The van der Waals surface area contributed by atoms with Crippen molar-refractivity contribution in [3.05, 3.63) is 21.6 Å². The van der Waals surface area contributed by atoms with E-state index in [2.05, 4.69) is 16.9 Å². The van der Waals surface area contributed by atoms with Gasteiger partial charge in [-0.3, -0.25) is 9.59 Å². The maximum Gasteiger partial charge on any atom is 0.316 e. The third kappa shape index (κ3) is 4.10. The van der Waals surface area contributed by atoms with Crippen molar-refractivity contribution in [3.8, 4) is 0 Å². The molecule has 0 aromatic carbocycles. The van der Waals surface area contributed by atoms with Crippen molar-refractivity contribution < 1.29 is 9.53 Å². The Morgan fingerprint density at radius 1 is 1.40 bits per heavy atom. The highest BCUT2D eigenvalue weighted by Gasteiger charge is 2.17. The van der Waals surface area contributed by atoms with E-state index in [0.29, 0.717) is 11.8 Å². The van der Waals surface area contributed by atoms with Gasteiger partial charge >= 0.3 is 5.97 Å². The van der Waals surface area contributed by atoms with Crippen LogP contribution >= 0.6 is 11.8 Å². The second-order valence-corrected chi connectivity index (χ2v) is 5.83. The zero-order valence-electron chi connectivity index (χ0n) is 11.7. The van der Waals surface area contributed by atoms with Crippen molar-refractivity contribution in [2.45, 2.75) is 50.6 Å². The summed E-state index contributed by atoms with van der Waals surface area (Å²) in [6.07, 6.45) is 5.73. The predicted molar refractivity (Wildman–Crippen MR) is 78.1 cm³/mol. The van der Waals surface area contributed by atoms with Gasteiger partial charge in [0.15, 0.2) is 5.16 Å². The molecule has 1 aromatic heterocycles. The minimum Gasteiger partial charge on any atom is -0.465 e. The molecule has 0 amide bonds. The Kier molecular flexibility index (Phi) is 5.64. The van der Waals surface area contributed by atoms with Crippen LogP contribution in [0.25, 0.3) is 0 Å². The van der Waals surface area contributed by atoms with Gasteiger partial charge in [0, 0.05) is 5.56 Å². The lowest BCUT2D eigenvalue weighted by molar-refractivity contribution is -0.140. The van der Waals surface area contributed by atoms with Crippen LogP contribution in [0, 0.1) is 0 Å². The number of aromatic nitrogens is 2. The number of nitrogens with zero attached hydrogens (tertiary/aromatic N) is 1. The highest BCUT2D eigenvalue weighted by Crippen LogP contribution is 2.19. The highest BCUT2D eigenvalue weighted by atomic mass is 32.2. The molecule has 0 radical (unpaired) electrons. The Hall–Kier alpha value is -1.30. The summed E-state index contributed by atoms with van der Waals surface area (Å²) < 4.78 is 5.11. The van der Waals surface area contributed by atoms with Gasteiger partial charge in [-0.25, -0.2) is 4.98 Å². The lowest BCUT2D eigenvalue weighted by atomic mass is 10.3. The SMILES string of the molecule is CCCCCOC(=O)CSc1nc2c(c(=O)[nH]1)CCC2. The Morgan fingerprint density at radius 2 is 2.25 bits per heavy atom. The maximum absolute atomic E-state index is 11.8. The van der Waals surface area contributed by atoms with Gasteiger partial charge in [0.05, 0.1) is 18.1 Å². The molecule has 6 heteroatoms. The van der Waals surface area contributed by atoms with Crippen LogP contribution in [0.15, 0.2) is 9.95 Å². The van der Waals surface area contributed by atoms with Crippen LogP contribution in [0.2, 0.25) is 0 Å². The Bertz CT molecular complexity index is 528. The number of unbranched alkanes of at least 4 members (excludes halogenated alkanes) is 2. The van der Waals surface area contributed by atoms with Crippen molar-refractivity contribution in [1.82, 2.24) is 9.97 Å². The predicted octanol–water partition coefficient (Wildman–Crippen LogP) is 2.08. The van der Waals surface area contributed by atoms with Crippen LogP contribution in [0.3, 0.4) is 0 Å². The van der Waals surface area contributed by atoms with Gasteiger partial charge in [-0.2, -0.15) is 0 Å². The zero-order valence-corrected chi connectivity index (χ0v) is 12.6. The number of carbonyl (C=O) groups is 1. The van der Waals surface area contributed by atoms with E-state index in [9.17, 15) is 9.59 Å². The van der Waals surface area contributed by atoms with Crippen LogP contribution in [0.5, 0.6) is 0 Å². The molecule has 0 fully saturated rings. The molecule has 1 heterocycles. The molecule has 0 saturated heterocycles. The van der Waals surface area contributed by atoms with E-state index in [4.69, 9.17) is 4.74 Å². The zero-order chi connectivity index (χ0) is 14.4. The number of aryl methyl sites for hydroxylation is 1. The number of nitrogens with one attached hydrogen (secondary N) is 1. The number of esters is 1. The average Bonchev–Trinajstić information content (AvgIpc) is 2.90. The Balaban J connectivity index is 1.81. The second kappa shape index (κ2) is 7.47. The number of aromatic amines is 1. The first-order valence-corrected chi connectivity index (χ1v) is 8.09. The molecule has 1 N–H and O–H groups in total.